The van der Waals surface area contributed by atoms with Crippen LogP contribution in [-0.2, 0) is 0 Å². The number of nitrogens with zero attached hydrogens (tertiary/aromatic N) is 8. The predicted molar refractivity (Wildman–Crippen MR) is 483 cm³/mol. The molecule has 0 N–H and O–H groups in total. The van der Waals surface area contributed by atoms with E-state index in [0.717, 1.165) is 111 Å². The zero-order valence-electron chi connectivity index (χ0n) is 62.7. The third-order valence-corrected chi connectivity index (χ3v) is 23.5. The van der Waals surface area contributed by atoms with Crippen molar-refractivity contribution < 1.29 is 0 Å². The van der Waals surface area contributed by atoms with Crippen molar-refractivity contribution in [2.45, 2.75) is 0 Å². The molecule has 116 heavy (non-hydrogen) atoms. The van der Waals surface area contributed by atoms with E-state index < -0.39 is 0 Å². The van der Waals surface area contributed by atoms with Gasteiger partial charge in [-0.3, -0.25) is 28.7 Å². The lowest BCUT2D eigenvalue weighted by molar-refractivity contribution is 1.22. The highest BCUT2D eigenvalue weighted by Crippen LogP contribution is 2.50. The van der Waals surface area contributed by atoms with Gasteiger partial charge < -0.3 is 0 Å². The van der Waals surface area contributed by atoms with Crippen LogP contribution in [0.4, 0.5) is 0 Å². The van der Waals surface area contributed by atoms with Crippen molar-refractivity contribution in [1.29, 1.82) is 0 Å². The molecule has 0 saturated carbocycles. The van der Waals surface area contributed by atoms with Crippen LogP contribution in [0.15, 0.2) is 401 Å². The molecule has 8 aromatic heterocycles. The monoisotopic (exact) mass is 1470 g/mol. The van der Waals surface area contributed by atoms with Crippen LogP contribution in [0.1, 0.15) is 0 Å². The molecule has 538 valence electrons. The molecular weight excluding hydrogens is 1410 g/mol. The SMILES string of the molecule is c1ccc(-c2nc3c4ccccc4c4cc(-c5c6ccccc6c(-c6ccc7ccccc7c6)c6ccccc56)ccc4n3c2-c2ccccn2)nc1.c1ccc(-c2nc3c4ccccc4c4cc(-c5ccc6c(-c7ccc8ccccc8c7)c7ccccc7c(-c7ccc8ccccc8c7)c6c5)ccc4n3c2-c2ccccn2)nc1. The van der Waals surface area contributed by atoms with Gasteiger partial charge in [-0.2, -0.15) is 0 Å². The first-order valence-corrected chi connectivity index (χ1v) is 39.4. The van der Waals surface area contributed by atoms with Crippen molar-refractivity contribution in [2.24, 2.45) is 0 Å². The summed E-state index contributed by atoms with van der Waals surface area (Å²) in [5, 5.41) is 24.0. The number of imidazole rings is 2. The number of hydrogen-bond acceptors (Lipinski definition) is 6. The van der Waals surface area contributed by atoms with Crippen LogP contribution in [0.3, 0.4) is 0 Å². The van der Waals surface area contributed by atoms with Gasteiger partial charge in [-0.05, 0) is 239 Å². The van der Waals surface area contributed by atoms with Crippen molar-refractivity contribution in [3.8, 4) is 101 Å². The molecule has 0 aliphatic heterocycles. The minimum absolute atomic E-state index is 0.807. The normalized spacial score (nSPS) is 11.8. The van der Waals surface area contributed by atoms with E-state index in [-0.39, 0.29) is 0 Å². The Morgan fingerprint density at radius 2 is 0.440 bits per heavy atom. The molecule has 0 fully saturated rings. The van der Waals surface area contributed by atoms with E-state index in [2.05, 4.69) is 324 Å². The molecule has 8 nitrogen and oxygen atoms in total. The first-order valence-electron chi connectivity index (χ1n) is 39.4. The molecule has 16 aromatic carbocycles. The van der Waals surface area contributed by atoms with E-state index in [0.29, 0.717) is 0 Å². The van der Waals surface area contributed by atoms with Gasteiger partial charge in [0.2, 0.25) is 0 Å². The Bertz CT molecular complexity index is 8080. The highest BCUT2D eigenvalue weighted by Gasteiger charge is 2.27. The van der Waals surface area contributed by atoms with Crippen molar-refractivity contribution in [3.63, 3.8) is 0 Å². The van der Waals surface area contributed by atoms with E-state index >= 15 is 0 Å². The smallest absolute Gasteiger partial charge is 0.146 e. The third kappa shape index (κ3) is 10.8. The van der Waals surface area contributed by atoms with E-state index in [9.17, 15) is 0 Å². The Morgan fingerprint density at radius 1 is 0.172 bits per heavy atom. The highest BCUT2D eigenvalue weighted by molar-refractivity contribution is 6.25. The summed E-state index contributed by atoms with van der Waals surface area (Å²) in [7, 11) is 0. The van der Waals surface area contributed by atoms with Crippen LogP contribution < -0.4 is 0 Å². The van der Waals surface area contributed by atoms with Crippen molar-refractivity contribution >= 4 is 130 Å². The van der Waals surface area contributed by atoms with Gasteiger partial charge in [0, 0.05) is 46.3 Å². The minimum atomic E-state index is 0.807. The summed E-state index contributed by atoms with van der Waals surface area (Å²) >= 11 is 0. The Labute approximate surface area is 666 Å². The fourth-order valence-corrected chi connectivity index (χ4v) is 18.3. The van der Waals surface area contributed by atoms with Crippen molar-refractivity contribution in [1.82, 2.24) is 38.7 Å². The molecule has 0 unspecified atom stereocenters. The quantitative estimate of drug-likeness (QED) is 0.106. The molecule has 0 bridgehead atoms. The number of aromatic nitrogens is 8. The molecule has 0 atom stereocenters. The molecule has 0 saturated heterocycles. The fourth-order valence-electron chi connectivity index (χ4n) is 18.3. The maximum atomic E-state index is 5.34. The second kappa shape index (κ2) is 27.1. The van der Waals surface area contributed by atoms with Crippen LogP contribution >= 0.6 is 0 Å². The number of pyridine rings is 6. The standard InChI is InChI=1S/C59H36N4.C49H30N4/c1-3-15-39-33-43(25-23-37(39)13-1)55-46-18-6-7-19-47(46)56(44-26-24-38-14-2-4-16-40(38)34-44)51-36-41(27-29-48(51)55)42-28-30-54-50(35-42)45-17-5-8-20-49(45)59-62-57(52-21-9-11-31-60-52)58(63(54)59)53-22-10-12-32-61-53;1-2-14-32-29-33(24-23-31(32)13-1)45-36-16-4-6-18-38(36)46(39-19-7-5-17-37(39)45)34-25-26-44-41(30-34)35-15-3-8-20-40(35)49-52-47(42-21-9-11-27-50-42)48(53(44)49)43-22-10-12-28-51-43/h1-36H;1-30H. The van der Waals surface area contributed by atoms with Crippen LogP contribution in [-0.4, -0.2) is 38.7 Å². The Balaban J connectivity index is 0.000000139. The van der Waals surface area contributed by atoms with E-state index in [4.69, 9.17) is 29.9 Å². The highest BCUT2D eigenvalue weighted by atomic mass is 15.1. The lowest BCUT2D eigenvalue weighted by Crippen LogP contribution is -1.97. The number of hydrogen-bond donors (Lipinski definition) is 0. The van der Waals surface area contributed by atoms with Gasteiger partial charge >= 0.3 is 0 Å². The average molecular weight is 1480 g/mol. The summed E-state index contributed by atoms with van der Waals surface area (Å²) < 4.78 is 4.57. The molecule has 0 spiro atoms. The Hall–Kier alpha value is -15.6. The fraction of sp³-hybridized carbons (Fsp3) is 0. The van der Waals surface area contributed by atoms with Gasteiger partial charge in [0.05, 0.1) is 33.8 Å². The largest absolute Gasteiger partial charge is 0.290 e. The summed E-state index contributed by atoms with van der Waals surface area (Å²) in [5.41, 5.74) is 22.8. The van der Waals surface area contributed by atoms with E-state index in [1.807, 2.05) is 85.5 Å². The summed E-state index contributed by atoms with van der Waals surface area (Å²) in [6.45, 7) is 0. The van der Waals surface area contributed by atoms with Crippen LogP contribution in [0.5, 0.6) is 0 Å². The first kappa shape index (κ1) is 66.2. The number of benzene rings is 16. The number of rotatable bonds is 9. The van der Waals surface area contributed by atoms with Crippen LogP contribution in [0.25, 0.3) is 231 Å². The van der Waals surface area contributed by atoms with Gasteiger partial charge in [0.25, 0.3) is 0 Å². The predicted octanol–water partition coefficient (Wildman–Crippen LogP) is 27.9. The molecule has 0 aliphatic rings. The summed E-state index contributed by atoms with van der Waals surface area (Å²) in [6.07, 6.45) is 7.34. The van der Waals surface area contributed by atoms with Crippen LogP contribution in [0.2, 0.25) is 0 Å². The maximum absolute atomic E-state index is 5.34. The minimum Gasteiger partial charge on any atom is -0.290 e. The topological polar surface area (TPSA) is 86.2 Å². The molecule has 8 heteroatoms. The molecule has 24 aromatic rings. The average Bonchev–Trinajstić information content (AvgIpc) is 1.43. The van der Waals surface area contributed by atoms with Gasteiger partial charge in [0.1, 0.15) is 34.1 Å². The lowest BCUT2D eigenvalue weighted by Gasteiger charge is -2.19. The van der Waals surface area contributed by atoms with Crippen molar-refractivity contribution in [3.05, 3.63) is 401 Å². The maximum Gasteiger partial charge on any atom is 0.146 e. The summed E-state index contributed by atoms with van der Waals surface area (Å²) in [5.74, 6) is 0. The molecule has 24 rings (SSSR count). The van der Waals surface area contributed by atoms with Gasteiger partial charge in [-0.1, -0.05) is 279 Å². The summed E-state index contributed by atoms with van der Waals surface area (Å²) in [6, 6.07) is 135. The van der Waals surface area contributed by atoms with Gasteiger partial charge in [0.15, 0.2) is 0 Å². The second-order valence-electron chi connectivity index (χ2n) is 29.9. The van der Waals surface area contributed by atoms with Gasteiger partial charge in [-0.15, -0.1) is 0 Å². The first-order chi connectivity index (χ1) is 57.6. The van der Waals surface area contributed by atoms with Crippen molar-refractivity contribution in [2.75, 3.05) is 0 Å². The zero-order chi connectivity index (χ0) is 76.3. The van der Waals surface area contributed by atoms with Crippen LogP contribution in [0, 0.1) is 0 Å². The molecule has 8 heterocycles. The third-order valence-electron chi connectivity index (χ3n) is 23.5. The van der Waals surface area contributed by atoms with E-state index in [1.54, 1.807) is 0 Å². The number of fused-ring (bicyclic) bond motifs is 19. The molecule has 0 amide bonds. The Kier molecular flexibility index (Phi) is 15.5. The lowest BCUT2D eigenvalue weighted by atomic mass is 9.84. The zero-order valence-corrected chi connectivity index (χ0v) is 62.7. The molecule has 0 radical (unpaired) electrons. The van der Waals surface area contributed by atoms with E-state index in [1.165, 1.54) is 120 Å². The van der Waals surface area contributed by atoms with Gasteiger partial charge in [-0.25, -0.2) is 9.97 Å². The molecule has 0 aliphatic carbocycles. The Morgan fingerprint density at radius 3 is 0.810 bits per heavy atom. The molecular formula is C108H66N8. The summed E-state index contributed by atoms with van der Waals surface area (Å²) in [4.78, 5) is 29.9. The second-order valence-corrected chi connectivity index (χ2v) is 29.9.